The van der Waals surface area contributed by atoms with E-state index in [9.17, 15) is 14.8 Å². The molecule has 23 heavy (non-hydrogen) atoms. The Morgan fingerprint density at radius 1 is 1.13 bits per heavy atom. The summed E-state index contributed by atoms with van der Waals surface area (Å²) in [5.41, 5.74) is 0.464. The Kier molecular flexibility index (Phi) is 4.91. The number of aromatic nitrogens is 1. The van der Waals surface area contributed by atoms with Crippen molar-refractivity contribution in [3.05, 3.63) is 35.3 Å². The van der Waals surface area contributed by atoms with Crippen LogP contribution in [0.1, 0.15) is 36.0 Å². The topological polar surface area (TPSA) is 76.3 Å². The van der Waals surface area contributed by atoms with Crippen LogP contribution in [-0.4, -0.2) is 42.8 Å². The van der Waals surface area contributed by atoms with Gasteiger partial charge in [0.25, 0.3) is 0 Å². The van der Waals surface area contributed by atoms with E-state index in [1.807, 2.05) is 4.90 Å². The van der Waals surface area contributed by atoms with Crippen LogP contribution in [0.2, 0.25) is 0 Å². The number of carbonyl (C=O) groups is 2. The van der Waals surface area contributed by atoms with Gasteiger partial charge in [-0.25, -0.2) is 0 Å². The SMILES string of the molecule is O=C(c1ccc[n+]([O-])c1)C1CCN(C(=O)C2CCNCC2)CC1. The van der Waals surface area contributed by atoms with Crippen LogP contribution < -0.4 is 10.0 Å². The lowest BCUT2D eigenvalue weighted by Gasteiger charge is -2.34. The molecule has 3 rings (SSSR count). The summed E-state index contributed by atoms with van der Waals surface area (Å²) in [6.07, 6.45) is 5.88. The number of rotatable bonds is 3. The summed E-state index contributed by atoms with van der Waals surface area (Å²) < 4.78 is 0.656. The molecule has 1 aromatic rings. The molecule has 0 aliphatic carbocycles. The molecule has 124 valence electrons. The minimum Gasteiger partial charge on any atom is -0.619 e. The van der Waals surface area contributed by atoms with Gasteiger partial charge < -0.3 is 15.4 Å². The van der Waals surface area contributed by atoms with Crippen LogP contribution in [0, 0.1) is 17.0 Å². The smallest absolute Gasteiger partial charge is 0.225 e. The normalized spacial score (nSPS) is 20.4. The first-order valence-electron chi connectivity index (χ1n) is 8.37. The van der Waals surface area contributed by atoms with Gasteiger partial charge in [0.1, 0.15) is 0 Å². The number of Topliss-reactive ketones (excluding diaryl/α,β-unsaturated/α-hetero) is 1. The maximum atomic E-state index is 12.5. The molecule has 6 nitrogen and oxygen atoms in total. The second kappa shape index (κ2) is 7.08. The molecule has 2 aliphatic heterocycles. The van der Waals surface area contributed by atoms with Gasteiger partial charge in [0, 0.05) is 31.0 Å². The molecule has 0 spiro atoms. The van der Waals surface area contributed by atoms with Crippen molar-refractivity contribution in [2.75, 3.05) is 26.2 Å². The molecule has 0 atom stereocenters. The fourth-order valence-corrected chi connectivity index (χ4v) is 3.53. The standard InChI is InChI=1S/C17H23N3O3/c21-16(15-2-1-9-20(23)12-15)13-5-10-19(11-6-13)17(22)14-3-7-18-8-4-14/h1-2,9,12-14,18H,3-8,10-11H2. The Morgan fingerprint density at radius 3 is 2.48 bits per heavy atom. The summed E-state index contributed by atoms with van der Waals surface area (Å²) in [7, 11) is 0. The number of pyridine rings is 1. The number of piperidine rings is 2. The number of carbonyl (C=O) groups excluding carboxylic acids is 2. The van der Waals surface area contributed by atoms with Crippen LogP contribution in [-0.2, 0) is 4.79 Å². The molecule has 0 bridgehead atoms. The third kappa shape index (κ3) is 3.69. The Labute approximate surface area is 136 Å². The minimum absolute atomic E-state index is 0.0177. The molecule has 6 heteroatoms. The number of ketones is 1. The first-order chi connectivity index (χ1) is 11.1. The van der Waals surface area contributed by atoms with Crippen molar-refractivity contribution in [3.63, 3.8) is 0 Å². The third-order valence-electron chi connectivity index (χ3n) is 4.93. The lowest BCUT2D eigenvalue weighted by Crippen LogP contribution is -2.45. The second-order valence-corrected chi connectivity index (χ2v) is 6.44. The summed E-state index contributed by atoms with van der Waals surface area (Å²) in [5.74, 6) is 0.310. The monoisotopic (exact) mass is 317 g/mol. The molecule has 3 heterocycles. The Hall–Kier alpha value is -1.95. The highest BCUT2D eigenvalue weighted by atomic mass is 16.5. The highest BCUT2D eigenvalue weighted by Crippen LogP contribution is 2.24. The number of hydrogen-bond acceptors (Lipinski definition) is 4. The highest BCUT2D eigenvalue weighted by molar-refractivity contribution is 5.97. The van der Waals surface area contributed by atoms with E-state index in [2.05, 4.69) is 5.32 Å². The van der Waals surface area contributed by atoms with Crippen LogP contribution in [0.4, 0.5) is 0 Å². The van der Waals surface area contributed by atoms with E-state index >= 15 is 0 Å². The van der Waals surface area contributed by atoms with Gasteiger partial charge in [-0.15, -0.1) is 0 Å². The molecular weight excluding hydrogens is 294 g/mol. The van der Waals surface area contributed by atoms with Gasteiger partial charge in [-0.05, 0) is 44.8 Å². The van der Waals surface area contributed by atoms with Gasteiger partial charge in [0.05, 0.1) is 5.56 Å². The van der Waals surface area contributed by atoms with Crippen molar-refractivity contribution in [2.24, 2.45) is 11.8 Å². The van der Waals surface area contributed by atoms with Crippen LogP contribution in [0.15, 0.2) is 24.5 Å². The summed E-state index contributed by atoms with van der Waals surface area (Å²) >= 11 is 0. The Bertz CT molecular complexity index is 576. The molecule has 2 aliphatic rings. The van der Waals surface area contributed by atoms with Crippen LogP contribution in [0.25, 0.3) is 0 Å². The maximum Gasteiger partial charge on any atom is 0.225 e. The van der Waals surface area contributed by atoms with E-state index in [4.69, 9.17) is 0 Å². The number of nitrogens with one attached hydrogen (secondary N) is 1. The Balaban J connectivity index is 1.55. The molecule has 1 amide bonds. The lowest BCUT2D eigenvalue weighted by molar-refractivity contribution is -0.605. The minimum atomic E-state index is -0.0885. The van der Waals surface area contributed by atoms with Gasteiger partial charge in [0.2, 0.25) is 5.91 Å². The lowest BCUT2D eigenvalue weighted by atomic mass is 9.88. The van der Waals surface area contributed by atoms with Crippen molar-refractivity contribution in [1.82, 2.24) is 10.2 Å². The molecule has 0 saturated carbocycles. The summed E-state index contributed by atoms with van der Waals surface area (Å²) in [5, 5.41) is 14.6. The largest absolute Gasteiger partial charge is 0.619 e. The zero-order valence-corrected chi connectivity index (χ0v) is 13.2. The van der Waals surface area contributed by atoms with Gasteiger partial charge >= 0.3 is 0 Å². The average Bonchev–Trinajstić information content (AvgIpc) is 2.61. The summed E-state index contributed by atoms with van der Waals surface area (Å²) in [6.45, 7) is 3.11. The van der Waals surface area contributed by atoms with Crippen LogP contribution in [0.5, 0.6) is 0 Å². The third-order valence-corrected chi connectivity index (χ3v) is 4.93. The molecular formula is C17H23N3O3. The predicted molar refractivity (Wildman–Crippen MR) is 84.6 cm³/mol. The highest BCUT2D eigenvalue weighted by Gasteiger charge is 2.32. The van der Waals surface area contributed by atoms with E-state index in [0.29, 0.717) is 36.2 Å². The molecule has 0 aromatic carbocycles. The van der Waals surface area contributed by atoms with Crippen LogP contribution in [0.3, 0.4) is 0 Å². The van der Waals surface area contributed by atoms with E-state index in [0.717, 1.165) is 25.9 Å². The van der Waals surface area contributed by atoms with E-state index < -0.39 is 0 Å². The van der Waals surface area contributed by atoms with E-state index in [-0.39, 0.29) is 23.5 Å². The van der Waals surface area contributed by atoms with Crippen molar-refractivity contribution in [1.29, 1.82) is 0 Å². The van der Waals surface area contributed by atoms with E-state index in [1.54, 1.807) is 12.1 Å². The van der Waals surface area contributed by atoms with Gasteiger partial charge in [0.15, 0.2) is 18.2 Å². The van der Waals surface area contributed by atoms with Crippen molar-refractivity contribution >= 4 is 11.7 Å². The van der Waals surface area contributed by atoms with Crippen molar-refractivity contribution in [2.45, 2.75) is 25.7 Å². The number of hydrogen-bond donors (Lipinski definition) is 1. The van der Waals surface area contributed by atoms with Gasteiger partial charge in [-0.2, -0.15) is 4.73 Å². The van der Waals surface area contributed by atoms with E-state index in [1.165, 1.54) is 12.4 Å². The first-order valence-corrected chi connectivity index (χ1v) is 8.37. The average molecular weight is 317 g/mol. The fraction of sp³-hybridized carbons (Fsp3) is 0.588. The summed E-state index contributed by atoms with van der Waals surface area (Å²) in [4.78, 5) is 26.9. The Morgan fingerprint density at radius 2 is 1.83 bits per heavy atom. The first kappa shape index (κ1) is 15.9. The quantitative estimate of drug-likeness (QED) is 0.507. The molecule has 2 saturated heterocycles. The number of likely N-dealkylation sites (tertiary alicyclic amines) is 1. The summed E-state index contributed by atoms with van der Waals surface area (Å²) in [6, 6.07) is 3.28. The van der Waals surface area contributed by atoms with Crippen LogP contribution >= 0.6 is 0 Å². The van der Waals surface area contributed by atoms with Gasteiger partial charge in [-0.3, -0.25) is 9.59 Å². The fourth-order valence-electron chi connectivity index (χ4n) is 3.53. The molecule has 1 aromatic heterocycles. The maximum absolute atomic E-state index is 12.5. The van der Waals surface area contributed by atoms with Crippen molar-refractivity contribution < 1.29 is 14.3 Å². The molecule has 2 fully saturated rings. The van der Waals surface area contributed by atoms with Gasteiger partial charge in [-0.1, -0.05) is 0 Å². The zero-order chi connectivity index (χ0) is 16.2. The predicted octanol–water partition coefficient (Wildman–Crippen LogP) is 0.741. The molecule has 0 radical (unpaired) electrons. The number of nitrogens with zero attached hydrogens (tertiary/aromatic N) is 2. The zero-order valence-electron chi connectivity index (χ0n) is 13.2. The molecule has 0 unspecified atom stereocenters. The van der Waals surface area contributed by atoms with Crippen molar-refractivity contribution in [3.8, 4) is 0 Å². The number of amides is 1. The second-order valence-electron chi connectivity index (χ2n) is 6.44. The molecule has 1 N–H and O–H groups in total.